The van der Waals surface area contributed by atoms with Crippen molar-refractivity contribution in [3.63, 3.8) is 0 Å². The zero-order chi connectivity index (χ0) is 14.8. The third kappa shape index (κ3) is 3.31. The third-order valence-electron chi connectivity index (χ3n) is 2.70. The number of pyridine rings is 1. The summed E-state index contributed by atoms with van der Waals surface area (Å²) in [4.78, 5) is 19.6. The number of aromatic nitrogens is 3. The van der Waals surface area contributed by atoms with Gasteiger partial charge < -0.3 is 15.6 Å². The van der Waals surface area contributed by atoms with Gasteiger partial charge in [0.1, 0.15) is 0 Å². The highest BCUT2D eigenvalue weighted by molar-refractivity contribution is 5.73. The van der Waals surface area contributed by atoms with E-state index in [1.165, 1.54) is 6.92 Å². The summed E-state index contributed by atoms with van der Waals surface area (Å²) in [6.07, 6.45) is 2.00. The molecule has 0 saturated carbocycles. The van der Waals surface area contributed by atoms with E-state index >= 15 is 0 Å². The Morgan fingerprint density at radius 2 is 2.20 bits per heavy atom. The fraction of sp³-hybridized carbons (Fsp3) is 0.385. The van der Waals surface area contributed by atoms with Gasteiger partial charge in [-0.15, -0.1) is 0 Å². The molecule has 0 bridgehead atoms. The number of nitrogens with zero attached hydrogens (tertiary/aromatic N) is 3. The van der Waals surface area contributed by atoms with Crippen molar-refractivity contribution in [1.82, 2.24) is 20.4 Å². The monoisotopic (exact) mass is 275 g/mol. The third-order valence-corrected chi connectivity index (χ3v) is 2.70. The molecule has 0 radical (unpaired) electrons. The zero-order valence-corrected chi connectivity index (χ0v) is 11.7. The number of hydrogen-bond donors (Lipinski definition) is 2. The van der Waals surface area contributed by atoms with E-state index < -0.39 is 5.54 Å². The van der Waals surface area contributed by atoms with E-state index in [4.69, 9.17) is 10.3 Å². The molecule has 0 saturated heterocycles. The van der Waals surface area contributed by atoms with Crippen LogP contribution in [-0.2, 0) is 16.8 Å². The molecule has 2 heterocycles. The average molecular weight is 275 g/mol. The van der Waals surface area contributed by atoms with Gasteiger partial charge in [0.25, 0.3) is 0 Å². The molecule has 0 spiro atoms. The van der Waals surface area contributed by atoms with E-state index in [0.29, 0.717) is 23.8 Å². The van der Waals surface area contributed by atoms with E-state index in [0.717, 1.165) is 5.69 Å². The number of rotatable bonds is 4. The van der Waals surface area contributed by atoms with Crippen LogP contribution in [0.4, 0.5) is 5.69 Å². The molecule has 106 valence electrons. The smallest absolute Gasteiger partial charge is 0.232 e. The van der Waals surface area contributed by atoms with Crippen molar-refractivity contribution in [3.8, 4) is 0 Å². The van der Waals surface area contributed by atoms with E-state index in [1.807, 2.05) is 13.8 Å². The SMILES string of the molecule is CC(=O)NC(C)(C)c1noc(Cc2ccc(N)cn2)n1. The van der Waals surface area contributed by atoms with Gasteiger partial charge in [-0.3, -0.25) is 9.78 Å². The number of nitrogens with two attached hydrogens (primary N) is 1. The minimum atomic E-state index is -0.678. The van der Waals surface area contributed by atoms with Crippen LogP contribution in [0.2, 0.25) is 0 Å². The first-order chi connectivity index (χ1) is 9.37. The van der Waals surface area contributed by atoms with Crippen LogP contribution < -0.4 is 11.1 Å². The minimum absolute atomic E-state index is 0.151. The molecule has 7 nitrogen and oxygen atoms in total. The van der Waals surface area contributed by atoms with Gasteiger partial charge in [0.2, 0.25) is 11.8 Å². The Kier molecular flexibility index (Phi) is 3.69. The lowest BCUT2D eigenvalue weighted by atomic mass is 10.1. The van der Waals surface area contributed by atoms with Gasteiger partial charge in [0.15, 0.2) is 5.82 Å². The van der Waals surface area contributed by atoms with Crippen LogP contribution >= 0.6 is 0 Å². The van der Waals surface area contributed by atoms with Gasteiger partial charge in [0.05, 0.1) is 23.8 Å². The first-order valence-corrected chi connectivity index (χ1v) is 6.19. The molecule has 2 aromatic heterocycles. The Hall–Kier alpha value is -2.44. The summed E-state index contributed by atoms with van der Waals surface area (Å²) < 4.78 is 5.18. The predicted molar refractivity (Wildman–Crippen MR) is 72.6 cm³/mol. The molecule has 2 aromatic rings. The van der Waals surface area contributed by atoms with Gasteiger partial charge >= 0.3 is 0 Å². The summed E-state index contributed by atoms with van der Waals surface area (Å²) in [5.41, 5.74) is 6.28. The van der Waals surface area contributed by atoms with Gasteiger partial charge in [-0.1, -0.05) is 5.16 Å². The largest absolute Gasteiger partial charge is 0.397 e. The number of hydrogen-bond acceptors (Lipinski definition) is 6. The van der Waals surface area contributed by atoms with Crippen molar-refractivity contribution >= 4 is 11.6 Å². The first kappa shape index (κ1) is 14.0. The fourth-order valence-electron chi connectivity index (χ4n) is 1.77. The number of carbonyl (C=O) groups is 1. The van der Waals surface area contributed by atoms with Crippen molar-refractivity contribution in [2.75, 3.05) is 5.73 Å². The zero-order valence-electron chi connectivity index (χ0n) is 11.7. The normalized spacial score (nSPS) is 11.3. The van der Waals surface area contributed by atoms with Crippen LogP contribution in [0.1, 0.15) is 38.2 Å². The maximum atomic E-state index is 11.1. The molecule has 0 aliphatic rings. The standard InChI is InChI=1S/C13H17N5O2/c1-8(19)17-13(2,3)12-16-11(20-18-12)6-10-5-4-9(14)7-15-10/h4-5,7H,6,14H2,1-3H3,(H,17,19). The number of amides is 1. The molecular weight excluding hydrogens is 258 g/mol. The first-order valence-electron chi connectivity index (χ1n) is 6.19. The van der Waals surface area contributed by atoms with Crippen molar-refractivity contribution in [1.29, 1.82) is 0 Å². The van der Waals surface area contributed by atoms with Crippen molar-refractivity contribution < 1.29 is 9.32 Å². The highest BCUT2D eigenvalue weighted by Crippen LogP contribution is 2.17. The second-order valence-corrected chi connectivity index (χ2v) is 5.08. The topological polar surface area (TPSA) is 107 Å². The Bertz CT molecular complexity index is 603. The van der Waals surface area contributed by atoms with Crippen LogP contribution in [-0.4, -0.2) is 21.0 Å². The fourth-order valence-corrected chi connectivity index (χ4v) is 1.77. The molecule has 7 heteroatoms. The summed E-state index contributed by atoms with van der Waals surface area (Å²) >= 11 is 0. The maximum absolute atomic E-state index is 11.1. The van der Waals surface area contributed by atoms with Crippen LogP contribution in [0.5, 0.6) is 0 Å². The van der Waals surface area contributed by atoms with Crippen LogP contribution in [0.15, 0.2) is 22.9 Å². The second-order valence-electron chi connectivity index (χ2n) is 5.08. The molecule has 0 aliphatic heterocycles. The number of carbonyl (C=O) groups excluding carboxylic acids is 1. The molecular formula is C13H17N5O2. The van der Waals surface area contributed by atoms with Crippen LogP contribution in [0.25, 0.3) is 0 Å². The molecule has 3 N–H and O–H groups in total. The minimum Gasteiger partial charge on any atom is -0.397 e. The van der Waals surface area contributed by atoms with Gasteiger partial charge in [-0.2, -0.15) is 4.98 Å². The van der Waals surface area contributed by atoms with E-state index in [9.17, 15) is 4.79 Å². The highest BCUT2D eigenvalue weighted by Gasteiger charge is 2.27. The van der Waals surface area contributed by atoms with Crippen molar-refractivity contribution in [2.45, 2.75) is 32.7 Å². The summed E-state index contributed by atoms with van der Waals surface area (Å²) in [7, 11) is 0. The Balaban J connectivity index is 2.12. The Labute approximate surface area is 116 Å². The molecule has 0 aromatic carbocycles. The van der Waals surface area contributed by atoms with E-state index in [-0.39, 0.29) is 5.91 Å². The van der Waals surface area contributed by atoms with Crippen molar-refractivity contribution in [3.05, 3.63) is 35.7 Å². The summed E-state index contributed by atoms with van der Waals surface area (Å²) in [6.45, 7) is 5.07. The lowest BCUT2D eigenvalue weighted by Gasteiger charge is -2.20. The number of nitrogen functional groups attached to an aromatic ring is 1. The van der Waals surface area contributed by atoms with Gasteiger partial charge in [-0.25, -0.2) is 0 Å². The molecule has 0 atom stereocenters. The maximum Gasteiger partial charge on any atom is 0.232 e. The van der Waals surface area contributed by atoms with E-state index in [1.54, 1.807) is 18.3 Å². The van der Waals surface area contributed by atoms with Crippen LogP contribution in [0, 0.1) is 0 Å². The predicted octanol–water partition coefficient (Wildman–Crippen LogP) is 1.01. The molecule has 20 heavy (non-hydrogen) atoms. The molecule has 0 fully saturated rings. The lowest BCUT2D eigenvalue weighted by molar-refractivity contribution is -0.120. The summed E-state index contributed by atoms with van der Waals surface area (Å²) in [5.74, 6) is 0.718. The summed E-state index contributed by atoms with van der Waals surface area (Å²) in [5, 5.41) is 6.67. The van der Waals surface area contributed by atoms with Gasteiger partial charge in [-0.05, 0) is 26.0 Å². The number of anilines is 1. The quantitative estimate of drug-likeness (QED) is 0.862. The van der Waals surface area contributed by atoms with Crippen molar-refractivity contribution in [2.24, 2.45) is 0 Å². The lowest BCUT2D eigenvalue weighted by Crippen LogP contribution is -2.40. The molecule has 0 unspecified atom stereocenters. The second kappa shape index (κ2) is 5.28. The molecule has 2 rings (SSSR count). The molecule has 1 amide bonds. The average Bonchev–Trinajstić information content (AvgIpc) is 2.80. The van der Waals surface area contributed by atoms with E-state index in [2.05, 4.69) is 20.4 Å². The highest BCUT2D eigenvalue weighted by atomic mass is 16.5. The van der Waals surface area contributed by atoms with Gasteiger partial charge in [0, 0.05) is 12.6 Å². The Morgan fingerprint density at radius 3 is 2.80 bits per heavy atom. The molecule has 0 aliphatic carbocycles. The Morgan fingerprint density at radius 1 is 1.45 bits per heavy atom. The van der Waals surface area contributed by atoms with Crippen LogP contribution in [0.3, 0.4) is 0 Å². The number of nitrogens with one attached hydrogen (secondary N) is 1. The summed E-state index contributed by atoms with van der Waals surface area (Å²) in [6, 6.07) is 3.57.